The minimum atomic E-state index is -3.56. The SMILES string of the molecule is NC(=O)c1cccc(S(=O)(=O)N2CCCNCC2)c1. The molecule has 0 spiro atoms. The lowest BCUT2D eigenvalue weighted by molar-refractivity contribution is 0.1000. The Morgan fingerprint density at radius 1 is 1.26 bits per heavy atom. The van der Waals surface area contributed by atoms with Gasteiger partial charge in [0, 0.05) is 25.2 Å². The lowest BCUT2D eigenvalue weighted by atomic mass is 10.2. The fourth-order valence-corrected chi connectivity index (χ4v) is 3.55. The van der Waals surface area contributed by atoms with Crippen LogP contribution in [0.3, 0.4) is 0 Å². The molecule has 1 aliphatic rings. The molecule has 1 fully saturated rings. The van der Waals surface area contributed by atoms with Crippen LogP contribution in [0.1, 0.15) is 16.8 Å². The van der Waals surface area contributed by atoms with Gasteiger partial charge in [0.1, 0.15) is 0 Å². The van der Waals surface area contributed by atoms with Gasteiger partial charge < -0.3 is 11.1 Å². The van der Waals surface area contributed by atoms with Gasteiger partial charge in [-0.05, 0) is 31.2 Å². The Morgan fingerprint density at radius 3 is 2.79 bits per heavy atom. The molecular formula is C12H17N3O3S. The Balaban J connectivity index is 2.32. The molecule has 1 aliphatic heterocycles. The fourth-order valence-electron chi connectivity index (χ4n) is 2.02. The molecule has 0 aromatic heterocycles. The van der Waals surface area contributed by atoms with Gasteiger partial charge in [-0.2, -0.15) is 4.31 Å². The number of carbonyl (C=O) groups is 1. The van der Waals surface area contributed by atoms with Crippen LogP contribution in [0, 0.1) is 0 Å². The number of hydrogen-bond acceptors (Lipinski definition) is 4. The fraction of sp³-hybridized carbons (Fsp3) is 0.417. The normalized spacial score (nSPS) is 17.9. The number of sulfonamides is 1. The second-order valence-electron chi connectivity index (χ2n) is 4.40. The Labute approximate surface area is 112 Å². The van der Waals surface area contributed by atoms with Crippen molar-refractivity contribution in [3.8, 4) is 0 Å². The smallest absolute Gasteiger partial charge is 0.248 e. The van der Waals surface area contributed by atoms with Crippen LogP contribution in [0.5, 0.6) is 0 Å². The quantitative estimate of drug-likeness (QED) is 0.801. The van der Waals surface area contributed by atoms with Crippen molar-refractivity contribution in [2.45, 2.75) is 11.3 Å². The molecule has 1 saturated heterocycles. The summed E-state index contributed by atoms with van der Waals surface area (Å²) in [6, 6.07) is 5.85. The summed E-state index contributed by atoms with van der Waals surface area (Å²) in [5.41, 5.74) is 5.37. The van der Waals surface area contributed by atoms with E-state index in [9.17, 15) is 13.2 Å². The number of hydrogen-bond donors (Lipinski definition) is 2. The Morgan fingerprint density at radius 2 is 2.05 bits per heavy atom. The number of benzene rings is 1. The van der Waals surface area contributed by atoms with Crippen LogP contribution in [-0.4, -0.2) is 44.8 Å². The minimum absolute atomic E-state index is 0.116. The van der Waals surface area contributed by atoms with Crippen LogP contribution in [0.25, 0.3) is 0 Å². The molecule has 0 aliphatic carbocycles. The number of nitrogens with two attached hydrogens (primary N) is 1. The zero-order valence-electron chi connectivity index (χ0n) is 10.5. The van der Waals surface area contributed by atoms with Gasteiger partial charge in [0.05, 0.1) is 4.90 Å². The first kappa shape index (κ1) is 14.0. The molecule has 6 nitrogen and oxygen atoms in total. The number of nitrogens with one attached hydrogen (secondary N) is 1. The zero-order valence-corrected chi connectivity index (χ0v) is 11.3. The maximum absolute atomic E-state index is 12.5. The van der Waals surface area contributed by atoms with E-state index in [-0.39, 0.29) is 10.5 Å². The highest BCUT2D eigenvalue weighted by Gasteiger charge is 2.25. The van der Waals surface area contributed by atoms with Crippen molar-refractivity contribution in [1.82, 2.24) is 9.62 Å². The molecule has 0 radical (unpaired) electrons. The summed E-state index contributed by atoms with van der Waals surface area (Å²) in [5.74, 6) is -0.630. The lowest BCUT2D eigenvalue weighted by Crippen LogP contribution is -2.34. The first-order valence-corrected chi connectivity index (χ1v) is 7.56. The molecule has 2 rings (SSSR count). The Hall–Kier alpha value is -1.44. The van der Waals surface area contributed by atoms with Crippen LogP contribution in [0.4, 0.5) is 0 Å². The highest BCUT2D eigenvalue weighted by atomic mass is 32.2. The second kappa shape index (κ2) is 5.68. The summed E-state index contributed by atoms with van der Waals surface area (Å²) >= 11 is 0. The van der Waals surface area contributed by atoms with Crippen LogP contribution < -0.4 is 11.1 Å². The van der Waals surface area contributed by atoms with Gasteiger partial charge in [0.25, 0.3) is 0 Å². The zero-order chi connectivity index (χ0) is 13.9. The van der Waals surface area contributed by atoms with Gasteiger partial charge in [-0.25, -0.2) is 8.42 Å². The molecular weight excluding hydrogens is 266 g/mol. The van der Waals surface area contributed by atoms with Crippen molar-refractivity contribution < 1.29 is 13.2 Å². The van der Waals surface area contributed by atoms with Crippen molar-refractivity contribution in [2.24, 2.45) is 5.73 Å². The summed E-state index contributed by atoms with van der Waals surface area (Å²) in [5, 5.41) is 3.15. The largest absolute Gasteiger partial charge is 0.366 e. The van der Waals surface area contributed by atoms with Crippen LogP contribution >= 0.6 is 0 Å². The topological polar surface area (TPSA) is 92.5 Å². The first-order chi connectivity index (χ1) is 9.01. The third-order valence-corrected chi connectivity index (χ3v) is 4.95. The Bertz CT molecular complexity index is 563. The van der Waals surface area contributed by atoms with Gasteiger partial charge in [-0.15, -0.1) is 0 Å². The molecule has 0 atom stereocenters. The monoisotopic (exact) mass is 283 g/mol. The van der Waals surface area contributed by atoms with Crippen molar-refractivity contribution >= 4 is 15.9 Å². The molecule has 1 heterocycles. The van der Waals surface area contributed by atoms with Crippen molar-refractivity contribution in [2.75, 3.05) is 26.2 Å². The van der Waals surface area contributed by atoms with Gasteiger partial charge in [0.2, 0.25) is 15.9 Å². The lowest BCUT2D eigenvalue weighted by Gasteiger charge is -2.19. The molecule has 0 bridgehead atoms. The molecule has 104 valence electrons. The van der Waals surface area contributed by atoms with Gasteiger partial charge in [-0.3, -0.25) is 4.79 Å². The molecule has 0 saturated carbocycles. The maximum atomic E-state index is 12.5. The molecule has 1 amide bonds. The summed E-state index contributed by atoms with van der Waals surface area (Å²) in [7, 11) is -3.56. The third kappa shape index (κ3) is 3.12. The van der Waals surface area contributed by atoms with Crippen LogP contribution in [0.15, 0.2) is 29.2 Å². The van der Waals surface area contributed by atoms with Gasteiger partial charge >= 0.3 is 0 Å². The molecule has 19 heavy (non-hydrogen) atoms. The number of carbonyl (C=O) groups excluding carboxylic acids is 1. The van der Waals surface area contributed by atoms with E-state index in [1.54, 1.807) is 0 Å². The van der Waals surface area contributed by atoms with E-state index in [2.05, 4.69) is 5.32 Å². The highest BCUT2D eigenvalue weighted by molar-refractivity contribution is 7.89. The number of nitrogens with zero attached hydrogens (tertiary/aromatic N) is 1. The molecule has 1 aromatic rings. The van der Waals surface area contributed by atoms with E-state index < -0.39 is 15.9 Å². The van der Waals surface area contributed by atoms with E-state index in [0.717, 1.165) is 13.0 Å². The predicted molar refractivity (Wildman–Crippen MR) is 71.2 cm³/mol. The van der Waals surface area contributed by atoms with E-state index in [4.69, 9.17) is 5.73 Å². The third-order valence-electron chi connectivity index (χ3n) is 3.06. The van der Waals surface area contributed by atoms with Crippen LogP contribution in [0.2, 0.25) is 0 Å². The van der Waals surface area contributed by atoms with E-state index in [0.29, 0.717) is 19.6 Å². The van der Waals surface area contributed by atoms with E-state index in [1.807, 2.05) is 0 Å². The summed E-state index contributed by atoms with van der Waals surface area (Å²) in [4.78, 5) is 11.2. The molecule has 0 unspecified atom stereocenters. The minimum Gasteiger partial charge on any atom is -0.366 e. The number of rotatable bonds is 3. The predicted octanol–water partition coefficient (Wildman–Crippen LogP) is -0.230. The van der Waals surface area contributed by atoms with Crippen molar-refractivity contribution in [3.05, 3.63) is 29.8 Å². The maximum Gasteiger partial charge on any atom is 0.248 e. The van der Waals surface area contributed by atoms with Gasteiger partial charge in [-0.1, -0.05) is 6.07 Å². The summed E-state index contributed by atoms with van der Waals surface area (Å²) < 4.78 is 26.4. The standard InChI is InChI=1S/C12H17N3O3S/c13-12(16)10-3-1-4-11(9-10)19(17,18)15-7-2-5-14-6-8-15/h1,3-4,9,14H,2,5-8H2,(H2,13,16). The molecule has 1 aromatic carbocycles. The Kier molecular flexibility index (Phi) is 4.18. The first-order valence-electron chi connectivity index (χ1n) is 6.12. The van der Waals surface area contributed by atoms with E-state index in [1.165, 1.54) is 28.6 Å². The average Bonchev–Trinajstić information content (AvgIpc) is 2.68. The molecule has 7 heteroatoms. The van der Waals surface area contributed by atoms with Gasteiger partial charge in [0.15, 0.2) is 0 Å². The second-order valence-corrected chi connectivity index (χ2v) is 6.34. The highest BCUT2D eigenvalue weighted by Crippen LogP contribution is 2.17. The van der Waals surface area contributed by atoms with Crippen LogP contribution in [-0.2, 0) is 10.0 Å². The number of amides is 1. The van der Waals surface area contributed by atoms with Crippen molar-refractivity contribution in [3.63, 3.8) is 0 Å². The molecule has 3 N–H and O–H groups in total. The average molecular weight is 283 g/mol. The summed E-state index contributed by atoms with van der Waals surface area (Å²) in [6.45, 7) is 2.36. The van der Waals surface area contributed by atoms with E-state index >= 15 is 0 Å². The van der Waals surface area contributed by atoms with Crippen molar-refractivity contribution in [1.29, 1.82) is 0 Å². The summed E-state index contributed by atoms with van der Waals surface area (Å²) in [6.07, 6.45) is 0.773. The number of primary amides is 1.